The summed E-state index contributed by atoms with van der Waals surface area (Å²) in [6, 6.07) is 16.8. The molecule has 1 fully saturated rings. The van der Waals surface area contributed by atoms with E-state index in [1.165, 1.54) is 0 Å². The van der Waals surface area contributed by atoms with Crippen molar-refractivity contribution in [1.82, 2.24) is 15.0 Å². The molecule has 0 aliphatic carbocycles. The monoisotopic (exact) mass is 478 g/mol. The number of carboxylic acid groups (broad SMARTS) is 1. The number of benzene rings is 2. The van der Waals surface area contributed by atoms with Crippen LogP contribution in [0, 0.1) is 0 Å². The van der Waals surface area contributed by atoms with E-state index in [1.807, 2.05) is 19.1 Å². The summed E-state index contributed by atoms with van der Waals surface area (Å²) in [5.41, 5.74) is 4.92. The van der Waals surface area contributed by atoms with Gasteiger partial charge in [0.1, 0.15) is 6.10 Å². The van der Waals surface area contributed by atoms with Crippen LogP contribution < -0.4 is 9.64 Å². The molecule has 0 radical (unpaired) electrons. The first-order valence-corrected chi connectivity index (χ1v) is 11.3. The number of aromatic nitrogens is 3. The van der Waals surface area contributed by atoms with Crippen LogP contribution in [0.1, 0.15) is 28.9 Å². The SMILES string of the molecule is CC(Oc1nc2nc(-c3ccc(N4CCOCC4)cc3)c(Cl)cc2[nH]1)c1ccc(C(=O)O)cc1. The number of fused-ring (bicyclic) bond motifs is 1. The Morgan fingerprint density at radius 1 is 1.12 bits per heavy atom. The number of carbonyl (C=O) groups is 1. The van der Waals surface area contributed by atoms with Gasteiger partial charge in [0.05, 0.1) is 35.0 Å². The Kier molecular flexibility index (Phi) is 6.08. The lowest BCUT2D eigenvalue weighted by Gasteiger charge is -2.28. The highest BCUT2D eigenvalue weighted by molar-refractivity contribution is 6.33. The quantitative estimate of drug-likeness (QED) is 0.404. The fourth-order valence-electron chi connectivity index (χ4n) is 3.94. The van der Waals surface area contributed by atoms with Crippen molar-refractivity contribution in [3.63, 3.8) is 0 Å². The van der Waals surface area contributed by atoms with Gasteiger partial charge in [-0.1, -0.05) is 35.9 Å². The van der Waals surface area contributed by atoms with E-state index in [2.05, 4.69) is 32.0 Å². The van der Waals surface area contributed by atoms with Gasteiger partial charge in [0.15, 0.2) is 5.65 Å². The first-order valence-electron chi connectivity index (χ1n) is 11.0. The van der Waals surface area contributed by atoms with Crippen molar-refractivity contribution in [1.29, 1.82) is 0 Å². The molecular formula is C25H23ClN4O4. The molecule has 0 saturated carbocycles. The van der Waals surface area contributed by atoms with Crippen LogP contribution in [0.2, 0.25) is 5.02 Å². The Hall–Kier alpha value is -3.62. The van der Waals surface area contributed by atoms with Crippen LogP contribution >= 0.6 is 11.6 Å². The highest BCUT2D eigenvalue weighted by Crippen LogP contribution is 2.31. The minimum absolute atomic E-state index is 0.226. The fraction of sp³-hybridized carbons (Fsp3) is 0.240. The third-order valence-electron chi connectivity index (χ3n) is 5.84. The van der Waals surface area contributed by atoms with Crippen LogP contribution in [0.3, 0.4) is 0 Å². The van der Waals surface area contributed by atoms with E-state index in [4.69, 9.17) is 26.2 Å². The number of carboxylic acids is 1. The number of hydrogen-bond donors (Lipinski definition) is 2. The molecule has 3 heterocycles. The molecule has 8 nitrogen and oxygen atoms in total. The van der Waals surface area contributed by atoms with Gasteiger partial charge in [0, 0.05) is 24.3 Å². The number of nitrogens with zero attached hydrogens (tertiary/aromatic N) is 3. The van der Waals surface area contributed by atoms with Crippen LogP contribution in [0.25, 0.3) is 22.4 Å². The molecule has 2 N–H and O–H groups in total. The number of nitrogens with one attached hydrogen (secondary N) is 1. The zero-order valence-electron chi connectivity index (χ0n) is 18.5. The molecule has 5 rings (SSSR count). The Labute approximate surface area is 201 Å². The van der Waals surface area contributed by atoms with Gasteiger partial charge in [0.25, 0.3) is 6.01 Å². The predicted molar refractivity (Wildman–Crippen MR) is 130 cm³/mol. The van der Waals surface area contributed by atoms with Crippen LogP contribution in [-0.2, 0) is 4.74 Å². The lowest BCUT2D eigenvalue weighted by Crippen LogP contribution is -2.36. The van der Waals surface area contributed by atoms with E-state index in [1.54, 1.807) is 30.3 Å². The van der Waals surface area contributed by atoms with Gasteiger partial charge in [-0.15, -0.1) is 0 Å². The maximum absolute atomic E-state index is 11.0. The molecule has 4 aromatic rings. The molecular weight excluding hydrogens is 456 g/mol. The van der Waals surface area contributed by atoms with Gasteiger partial charge < -0.3 is 24.5 Å². The first-order chi connectivity index (χ1) is 16.5. The second kappa shape index (κ2) is 9.32. The number of pyridine rings is 1. The number of aromatic carboxylic acids is 1. The van der Waals surface area contributed by atoms with E-state index in [-0.39, 0.29) is 11.7 Å². The van der Waals surface area contributed by atoms with Crippen LogP contribution in [0.4, 0.5) is 5.69 Å². The van der Waals surface area contributed by atoms with E-state index in [0.717, 1.165) is 43.1 Å². The summed E-state index contributed by atoms with van der Waals surface area (Å²) in [4.78, 5) is 25.6. The minimum Gasteiger partial charge on any atom is -0.478 e. The van der Waals surface area contributed by atoms with Crippen molar-refractivity contribution in [2.45, 2.75) is 13.0 Å². The normalized spacial score (nSPS) is 14.8. The molecule has 2 aromatic carbocycles. The highest BCUT2D eigenvalue weighted by Gasteiger charge is 2.16. The van der Waals surface area contributed by atoms with E-state index < -0.39 is 5.97 Å². The number of hydrogen-bond acceptors (Lipinski definition) is 6. The number of H-pyrrole nitrogens is 1. The molecule has 34 heavy (non-hydrogen) atoms. The van der Waals surface area contributed by atoms with Crippen molar-refractivity contribution < 1.29 is 19.4 Å². The molecule has 174 valence electrons. The van der Waals surface area contributed by atoms with Crippen LogP contribution in [-0.4, -0.2) is 52.3 Å². The molecule has 1 unspecified atom stereocenters. The Morgan fingerprint density at radius 2 is 1.82 bits per heavy atom. The maximum Gasteiger partial charge on any atom is 0.335 e. The van der Waals surface area contributed by atoms with Crippen molar-refractivity contribution in [3.8, 4) is 17.3 Å². The topological polar surface area (TPSA) is 101 Å². The summed E-state index contributed by atoms with van der Waals surface area (Å²) in [6.45, 7) is 5.10. The molecule has 9 heteroatoms. The second-order valence-electron chi connectivity index (χ2n) is 8.07. The van der Waals surface area contributed by atoms with Crippen molar-refractivity contribution in [2.24, 2.45) is 0 Å². The largest absolute Gasteiger partial charge is 0.478 e. The number of anilines is 1. The lowest BCUT2D eigenvalue weighted by molar-refractivity contribution is 0.0696. The molecule has 1 aliphatic heterocycles. The number of halogens is 1. The minimum atomic E-state index is -0.966. The third kappa shape index (κ3) is 4.55. The Bertz CT molecular complexity index is 1320. The standard InChI is InChI=1S/C25H23ClN4O4/c1-15(16-2-4-18(5-3-16)24(31)32)34-25-27-21-14-20(26)22(28-23(21)29-25)17-6-8-19(9-7-17)30-10-12-33-13-11-30/h2-9,14-15H,10-13H2,1H3,(H,31,32)(H,27,28,29). The maximum atomic E-state index is 11.0. The molecule has 0 spiro atoms. The number of ether oxygens (including phenoxy) is 2. The third-order valence-corrected chi connectivity index (χ3v) is 6.13. The summed E-state index contributed by atoms with van der Waals surface area (Å²) < 4.78 is 11.4. The summed E-state index contributed by atoms with van der Waals surface area (Å²) in [5.74, 6) is -0.966. The van der Waals surface area contributed by atoms with E-state index in [9.17, 15) is 4.79 Å². The van der Waals surface area contributed by atoms with Gasteiger partial charge in [0.2, 0.25) is 0 Å². The molecule has 1 saturated heterocycles. The average Bonchev–Trinajstić information content (AvgIpc) is 3.25. The molecule has 0 bridgehead atoms. The molecule has 1 aliphatic rings. The van der Waals surface area contributed by atoms with E-state index >= 15 is 0 Å². The van der Waals surface area contributed by atoms with Crippen LogP contribution in [0.15, 0.2) is 54.6 Å². The summed E-state index contributed by atoms with van der Waals surface area (Å²) in [6.07, 6.45) is -0.342. The number of aromatic amines is 1. The number of morpholine rings is 1. The van der Waals surface area contributed by atoms with Gasteiger partial charge in [-0.2, -0.15) is 4.98 Å². The fourth-order valence-corrected chi connectivity index (χ4v) is 4.20. The lowest BCUT2D eigenvalue weighted by atomic mass is 10.1. The van der Waals surface area contributed by atoms with Crippen molar-refractivity contribution in [3.05, 3.63) is 70.7 Å². The van der Waals surface area contributed by atoms with Crippen molar-refractivity contribution >= 4 is 34.4 Å². The van der Waals surface area contributed by atoms with Gasteiger partial charge in [-0.25, -0.2) is 9.78 Å². The van der Waals surface area contributed by atoms with Crippen LogP contribution in [0.5, 0.6) is 6.01 Å². The smallest absolute Gasteiger partial charge is 0.335 e. The summed E-state index contributed by atoms with van der Waals surface area (Å²) >= 11 is 6.55. The van der Waals surface area contributed by atoms with E-state index in [0.29, 0.717) is 27.9 Å². The zero-order chi connectivity index (χ0) is 23.7. The summed E-state index contributed by atoms with van der Waals surface area (Å²) in [5, 5.41) is 9.57. The molecule has 1 atom stereocenters. The number of imidazole rings is 1. The van der Waals surface area contributed by atoms with Gasteiger partial charge in [-0.05, 0) is 42.8 Å². The number of rotatable bonds is 6. The first kappa shape index (κ1) is 22.2. The molecule has 0 amide bonds. The molecule has 2 aromatic heterocycles. The predicted octanol–water partition coefficient (Wildman–Crippen LogP) is 4.95. The Balaban J connectivity index is 1.35. The van der Waals surface area contributed by atoms with Gasteiger partial charge >= 0.3 is 5.97 Å². The average molecular weight is 479 g/mol. The highest BCUT2D eigenvalue weighted by atomic mass is 35.5. The zero-order valence-corrected chi connectivity index (χ0v) is 19.2. The van der Waals surface area contributed by atoms with Gasteiger partial charge in [-0.3, -0.25) is 0 Å². The Morgan fingerprint density at radius 3 is 2.50 bits per heavy atom. The second-order valence-corrected chi connectivity index (χ2v) is 8.47. The van der Waals surface area contributed by atoms with Crippen molar-refractivity contribution in [2.75, 3.05) is 31.2 Å². The summed E-state index contributed by atoms with van der Waals surface area (Å²) in [7, 11) is 0.